The molecule has 192 valence electrons. The summed E-state index contributed by atoms with van der Waals surface area (Å²) in [6.45, 7) is 2.95. The Balaban J connectivity index is 1.55. The first-order valence-electron chi connectivity index (χ1n) is 12.8. The van der Waals surface area contributed by atoms with Crippen LogP contribution < -0.4 is 10.2 Å². The van der Waals surface area contributed by atoms with Crippen LogP contribution in [0.1, 0.15) is 48.2 Å². The molecule has 0 saturated carbocycles. The van der Waals surface area contributed by atoms with Crippen LogP contribution in [0, 0.1) is 23.0 Å². The van der Waals surface area contributed by atoms with E-state index in [1.807, 2.05) is 19.2 Å². The molecule has 5 rings (SSSR count). The molecule has 2 aliphatic rings. The summed E-state index contributed by atoms with van der Waals surface area (Å²) in [4.78, 5) is 17.3. The van der Waals surface area contributed by atoms with Crippen LogP contribution in [0.5, 0.6) is 0 Å². The van der Waals surface area contributed by atoms with Crippen molar-refractivity contribution >= 4 is 11.6 Å². The molecule has 0 bridgehead atoms. The molecule has 2 aromatic carbocycles. The van der Waals surface area contributed by atoms with E-state index in [4.69, 9.17) is 5.26 Å². The van der Waals surface area contributed by atoms with Crippen LogP contribution in [0.25, 0.3) is 16.9 Å². The summed E-state index contributed by atoms with van der Waals surface area (Å²) in [6.07, 6.45) is 5.19. The molecule has 2 aliphatic heterocycles. The minimum absolute atomic E-state index is 0.0883. The summed E-state index contributed by atoms with van der Waals surface area (Å²) < 4.78 is 31.4. The van der Waals surface area contributed by atoms with Gasteiger partial charge in [-0.05, 0) is 75.5 Å². The third-order valence-electron chi connectivity index (χ3n) is 7.31. The lowest BCUT2D eigenvalue weighted by Gasteiger charge is -2.32. The maximum atomic E-state index is 15.5. The highest BCUT2D eigenvalue weighted by molar-refractivity contribution is 5.93. The van der Waals surface area contributed by atoms with E-state index in [1.54, 1.807) is 23.1 Å². The molecule has 1 unspecified atom stereocenters. The number of hydrogen-bond donors (Lipinski definition) is 1. The van der Waals surface area contributed by atoms with Gasteiger partial charge in [-0.3, -0.25) is 4.79 Å². The standard InChI is InChI=1S/C28H30F2N6O/c1-32-21-6-5-13-35(18-21)28(37)25-16-27(19-7-8-20(17-31)23(29)14-19)36(33-25)26-10-9-22(15-24(26)30)34-11-3-2-4-12-34/h7-10,14-16,21,32H,2-6,11-13,18H2,1H3. The Morgan fingerprint density at radius 2 is 1.84 bits per heavy atom. The van der Waals surface area contributed by atoms with Gasteiger partial charge in [-0.2, -0.15) is 10.4 Å². The number of likely N-dealkylation sites (tertiary alicyclic amines) is 1. The Hall–Kier alpha value is -3.77. The van der Waals surface area contributed by atoms with Gasteiger partial charge < -0.3 is 15.1 Å². The zero-order valence-electron chi connectivity index (χ0n) is 20.9. The number of likely N-dealkylation sites (N-methyl/N-ethyl adjacent to an activating group) is 1. The molecule has 1 atom stereocenters. The zero-order chi connectivity index (χ0) is 25.9. The molecule has 7 nitrogen and oxygen atoms in total. The summed E-state index contributed by atoms with van der Waals surface area (Å²) in [5.41, 5.74) is 1.83. The topological polar surface area (TPSA) is 77.2 Å². The maximum absolute atomic E-state index is 15.5. The van der Waals surface area contributed by atoms with E-state index in [9.17, 15) is 9.18 Å². The van der Waals surface area contributed by atoms with Crippen LogP contribution in [0.2, 0.25) is 0 Å². The second kappa shape index (κ2) is 10.7. The smallest absolute Gasteiger partial charge is 0.274 e. The van der Waals surface area contributed by atoms with Gasteiger partial charge in [0.2, 0.25) is 0 Å². The molecule has 3 aromatic rings. The second-order valence-electron chi connectivity index (χ2n) is 9.70. The summed E-state index contributed by atoms with van der Waals surface area (Å²) in [5.74, 6) is -1.41. The molecule has 0 spiro atoms. The van der Waals surface area contributed by atoms with E-state index in [1.165, 1.54) is 29.3 Å². The number of benzene rings is 2. The number of nitrogens with zero attached hydrogens (tertiary/aromatic N) is 5. The molecule has 0 aliphatic carbocycles. The van der Waals surface area contributed by atoms with Crippen molar-refractivity contribution in [1.29, 1.82) is 5.26 Å². The minimum atomic E-state index is -0.686. The second-order valence-corrected chi connectivity index (χ2v) is 9.70. The number of carbonyl (C=O) groups excluding carboxylic acids is 1. The third kappa shape index (κ3) is 5.07. The lowest BCUT2D eigenvalue weighted by molar-refractivity contribution is 0.0691. The number of aromatic nitrogens is 2. The van der Waals surface area contributed by atoms with Gasteiger partial charge in [0.1, 0.15) is 17.6 Å². The number of anilines is 1. The Labute approximate surface area is 215 Å². The number of nitriles is 1. The summed E-state index contributed by atoms with van der Waals surface area (Å²) in [5, 5.41) is 16.9. The predicted octanol–water partition coefficient (Wildman–Crippen LogP) is 4.50. The Morgan fingerprint density at radius 1 is 1.03 bits per heavy atom. The van der Waals surface area contributed by atoms with Gasteiger partial charge >= 0.3 is 0 Å². The van der Waals surface area contributed by atoms with Gasteiger partial charge in [-0.1, -0.05) is 6.07 Å². The van der Waals surface area contributed by atoms with Crippen LogP contribution in [0.4, 0.5) is 14.5 Å². The molecule has 0 radical (unpaired) electrons. The number of carbonyl (C=O) groups is 1. The molecular weight excluding hydrogens is 474 g/mol. The lowest BCUT2D eigenvalue weighted by Crippen LogP contribution is -2.47. The summed E-state index contributed by atoms with van der Waals surface area (Å²) in [6, 6.07) is 12.8. The van der Waals surface area contributed by atoms with Gasteiger partial charge in [-0.15, -0.1) is 0 Å². The van der Waals surface area contributed by atoms with Crippen LogP contribution in [0.15, 0.2) is 42.5 Å². The number of hydrogen-bond acceptors (Lipinski definition) is 5. The fourth-order valence-corrected chi connectivity index (χ4v) is 5.22. The van der Waals surface area contributed by atoms with E-state index >= 15 is 4.39 Å². The number of halogens is 2. The van der Waals surface area contributed by atoms with E-state index in [2.05, 4.69) is 15.3 Å². The zero-order valence-corrected chi connectivity index (χ0v) is 20.9. The summed E-state index contributed by atoms with van der Waals surface area (Å²) in [7, 11) is 1.88. The normalized spacial score (nSPS) is 18.1. The number of nitrogens with one attached hydrogen (secondary N) is 1. The molecule has 1 aromatic heterocycles. The minimum Gasteiger partial charge on any atom is -0.371 e. The van der Waals surface area contributed by atoms with Crippen molar-refractivity contribution in [2.45, 2.75) is 38.1 Å². The van der Waals surface area contributed by atoms with Crippen LogP contribution >= 0.6 is 0 Å². The quantitative estimate of drug-likeness (QED) is 0.554. The van der Waals surface area contributed by atoms with Crippen LogP contribution in [-0.2, 0) is 0 Å². The van der Waals surface area contributed by atoms with Crippen molar-refractivity contribution in [3.05, 3.63) is 65.4 Å². The highest BCUT2D eigenvalue weighted by atomic mass is 19.1. The average molecular weight is 505 g/mol. The predicted molar refractivity (Wildman–Crippen MR) is 138 cm³/mol. The van der Waals surface area contributed by atoms with Crippen molar-refractivity contribution in [3.8, 4) is 23.0 Å². The first kappa shape index (κ1) is 24.9. The van der Waals surface area contributed by atoms with Crippen molar-refractivity contribution in [2.75, 3.05) is 38.1 Å². The molecule has 1 N–H and O–H groups in total. The highest BCUT2D eigenvalue weighted by Gasteiger charge is 2.27. The Bertz CT molecular complexity index is 1340. The van der Waals surface area contributed by atoms with E-state index in [0.717, 1.165) is 44.5 Å². The van der Waals surface area contributed by atoms with E-state index < -0.39 is 11.6 Å². The summed E-state index contributed by atoms with van der Waals surface area (Å²) >= 11 is 0. The molecular formula is C28H30F2N6O. The fourth-order valence-electron chi connectivity index (χ4n) is 5.22. The number of piperidine rings is 2. The number of rotatable bonds is 5. The van der Waals surface area contributed by atoms with Gasteiger partial charge in [-0.25, -0.2) is 13.5 Å². The van der Waals surface area contributed by atoms with Crippen LogP contribution in [-0.4, -0.2) is 59.9 Å². The van der Waals surface area contributed by atoms with Gasteiger partial charge in [0.25, 0.3) is 5.91 Å². The van der Waals surface area contributed by atoms with Crippen molar-refractivity contribution < 1.29 is 13.6 Å². The molecule has 2 fully saturated rings. The maximum Gasteiger partial charge on any atom is 0.274 e. The average Bonchev–Trinajstić information content (AvgIpc) is 3.38. The first-order valence-corrected chi connectivity index (χ1v) is 12.8. The molecule has 37 heavy (non-hydrogen) atoms. The third-order valence-corrected chi connectivity index (χ3v) is 7.31. The van der Waals surface area contributed by atoms with Gasteiger partial charge in [0, 0.05) is 43.5 Å². The first-order chi connectivity index (χ1) is 18.0. The highest BCUT2D eigenvalue weighted by Crippen LogP contribution is 2.30. The Morgan fingerprint density at radius 3 is 2.54 bits per heavy atom. The molecule has 3 heterocycles. The van der Waals surface area contributed by atoms with Crippen molar-refractivity contribution in [2.24, 2.45) is 0 Å². The van der Waals surface area contributed by atoms with E-state index in [0.29, 0.717) is 24.3 Å². The van der Waals surface area contributed by atoms with Gasteiger partial charge in [0.15, 0.2) is 11.5 Å². The van der Waals surface area contributed by atoms with Crippen LogP contribution in [0.3, 0.4) is 0 Å². The SMILES string of the molecule is CNC1CCCN(C(=O)c2cc(-c3ccc(C#N)c(F)c3)n(-c3ccc(N4CCCCC4)cc3F)n2)C1. The Kier molecular flexibility index (Phi) is 7.19. The molecule has 2 saturated heterocycles. The monoisotopic (exact) mass is 504 g/mol. The molecule has 9 heteroatoms. The largest absolute Gasteiger partial charge is 0.371 e. The van der Waals surface area contributed by atoms with E-state index in [-0.39, 0.29) is 28.9 Å². The molecule has 1 amide bonds. The van der Waals surface area contributed by atoms with Crippen molar-refractivity contribution in [3.63, 3.8) is 0 Å². The van der Waals surface area contributed by atoms with Crippen molar-refractivity contribution in [1.82, 2.24) is 20.0 Å². The van der Waals surface area contributed by atoms with Gasteiger partial charge in [0.05, 0.1) is 11.3 Å². The fraction of sp³-hybridized carbons (Fsp3) is 0.393. The lowest BCUT2D eigenvalue weighted by atomic mass is 10.1. The number of amides is 1.